The van der Waals surface area contributed by atoms with Crippen molar-refractivity contribution in [1.82, 2.24) is 0 Å². The predicted molar refractivity (Wildman–Crippen MR) is 128 cm³/mol. The van der Waals surface area contributed by atoms with Gasteiger partial charge in [0, 0.05) is 12.1 Å². The van der Waals surface area contributed by atoms with Gasteiger partial charge in [-0.3, -0.25) is 4.79 Å². The molecule has 13 nitrogen and oxygen atoms in total. The minimum atomic E-state index is -1.72. The molecule has 0 unspecified atom stereocenters. The highest BCUT2D eigenvalue weighted by Gasteiger charge is 2.50. The molecule has 3 heterocycles. The molecule has 10 atom stereocenters. The smallest absolute Gasteiger partial charge is 0.229 e. The Balaban J connectivity index is 1.41. The summed E-state index contributed by atoms with van der Waals surface area (Å²) < 4.78 is 28.3. The van der Waals surface area contributed by atoms with E-state index >= 15 is 0 Å². The highest BCUT2D eigenvalue weighted by Crippen LogP contribution is 2.42. The van der Waals surface area contributed by atoms with Crippen LogP contribution in [0.15, 0.2) is 42.5 Å². The molecule has 0 bridgehead atoms. The van der Waals surface area contributed by atoms with Gasteiger partial charge in [0.25, 0.3) is 0 Å². The number of ether oxygens (including phenoxy) is 5. The van der Waals surface area contributed by atoms with Crippen molar-refractivity contribution < 1.29 is 64.2 Å². The third kappa shape index (κ3) is 5.45. The van der Waals surface area contributed by atoms with Crippen LogP contribution in [0.25, 0.3) is 0 Å². The van der Waals surface area contributed by atoms with Gasteiger partial charge in [-0.15, -0.1) is 0 Å². The topological polar surface area (TPSA) is 205 Å². The van der Waals surface area contributed by atoms with Crippen molar-refractivity contribution >= 4 is 5.78 Å². The molecular formula is C26H30O13. The van der Waals surface area contributed by atoms with Crippen LogP contribution in [0.5, 0.6) is 17.2 Å². The molecule has 39 heavy (non-hydrogen) atoms. The highest BCUT2D eigenvalue weighted by molar-refractivity contribution is 6.02. The fourth-order valence-corrected chi connectivity index (χ4v) is 4.82. The van der Waals surface area contributed by atoms with E-state index in [0.717, 1.165) is 11.6 Å². The molecule has 3 aliphatic heterocycles. The minimum absolute atomic E-state index is 0.0128. The second kappa shape index (κ2) is 11.3. The summed E-state index contributed by atoms with van der Waals surface area (Å²) in [5.41, 5.74) is 0.731. The maximum absolute atomic E-state index is 12.8. The highest BCUT2D eigenvalue weighted by atomic mass is 16.8. The van der Waals surface area contributed by atoms with Crippen molar-refractivity contribution in [3.05, 3.63) is 53.6 Å². The van der Waals surface area contributed by atoms with Gasteiger partial charge in [0.15, 0.2) is 18.2 Å². The van der Waals surface area contributed by atoms with Crippen molar-refractivity contribution in [3.63, 3.8) is 0 Å². The molecule has 0 amide bonds. The van der Waals surface area contributed by atoms with Crippen LogP contribution in [-0.4, -0.2) is 110 Å². The monoisotopic (exact) mass is 550 g/mol. The van der Waals surface area contributed by atoms with Crippen molar-refractivity contribution in [3.8, 4) is 17.2 Å². The Morgan fingerprint density at radius 1 is 0.923 bits per heavy atom. The first-order chi connectivity index (χ1) is 18.7. The standard InChI is InChI=1S/C26H30O13/c27-9-18-21(32)22(33)24(39-25-23(34)20(31)15(30)10-35-25)26(38-18)36-12-6-13(28)19-14(29)8-16(37-17(19)7-12)11-4-2-1-3-5-11/h1-7,15-16,18,20-28,30-34H,8-10H2/t15-,16-,18-,20-,21+,22-,23+,24+,25-,26+/m0/s1. The predicted octanol–water partition coefficient (Wildman–Crippen LogP) is -1.26. The first-order valence-electron chi connectivity index (χ1n) is 12.4. The number of phenolic OH excluding ortho intramolecular Hbond substituents is 1. The molecule has 13 heteroatoms. The summed E-state index contributed by atoms with van der Waals surface area (Å²) >= 11 is 0. The number of phenols is 1. The molecule has 2 fully saturated rings. The first kappa shape index (κ1) is 27.7. The lowest BCUT2D eigenvalue weighted by atomic mass is 9.95. The summed E-state index contributed by atoms with van der Waals surface area (Å²) in [6.45, 7) is -1.07. The summed E-state index contributed by atoms with van der Waals surface area (Å²) in [7, 11) is 0. The average Bonchev–Trinajstić information content (AvgIpc) is 2.92. The van der Waals surface area contributed by atoms with Crippen LogP contribution in [0, 0.1) is 0 Å². The quantitative estimate of drug-likeness (QED) is 0.225. The number of fused-ring (bicyclic) bond motifs is 1. The molecule has 0 spiro atoms. The number of aromatic hydroxyl groups is 1. The van der Waals surface area contributed by atoms with Gasteiger partial charge in [-0.05, 0) is 5.56 Å². The Labute approximate surface area is 222 Å². The Kier molecular flexibility index (Phi) is 8.05. The van der Waals surface area contributed by atoms with Crippen LogP contribution in [0.3, 0.4) is 0 Å². The lowest BCUT2D eigenvalue weighted by Crippen LogP contribution is -2.63. The van der Waals surface area contributed by atoms with E-state index in [0.29, 0.717) is 0 Å². The normalized spacial score (nSPS) is 36.6. The lowest BCUT2D eigenvalue weighted by Gasteiger charge is -2.44. The van der Waals surface area contributed by atoms with Crippen LogP contribution >= 0.6 is 0 Å². The second-order valence-corrected chi connectivity index (χ2v) is 9.64. The Morgan fingerprint density at radius 3 is 2.38 bits per heavy atom. The van der Waals surface area contributed by atoms with Crippen LogP contribution in [0.2, 0.25) is 0 Å². The summed E-state index contributed by atoms with van der Waals surface area (Å²) in [6.07, 6.45) is -14.5. The number of benzene rings is 2. The molecule has 0 aromatic heterocycles. The molecule has 0 saturated carbocycles. The number of rotatable bonds is 6. The molecule has 3 aliphatic rings. The van der Waals surface area contributed by atoms with E-state index in [2.05, 4.69) is 0 Å². The van der Waals surface area contributed by atoms with Crippen molar-refractivity contribution in [1.29, 1.82) is 0 Å². The van der Waals surface area contributed by atoms with Gasteiger partial charge in [-0.2, -0.15) is 0 Å². The third-order valence-electron chi connectivity index (χ3n) is 6.97. The second-order valence-electron chi connectivity index (χ2n) is 9.64. The van der Waals surface area contributed by atoms with E-state index < -0.39 is 73.8 Å². The zero-order valence-electron chi connectivity index (χ0n) is 20.5. The van der Waals surface area contributed by atoms with E-state index in [-0.39, 0.29) is 35.9 Å². The fourth-order valence-electron chi connectivity index (χ4n) is 4.82. The first-order valence-corrected chi connectivity index (χ1v) is 12.4. The molecule has 212 valence electrons. The molecule has 2 aromatic carbocycles. The number of hydrogen-bond acceptors (Lipinski definition) is 13. The summed E-state index contributed by atoms with van der Waals surface area (Å²) in [6, 6.07) is 11.5. The minimum Gasteiger partial charge on any atom is -0.507 e. The van der Waals surface area contributed by atoms with Gasteiger partial charge >= 0.3 is 0 Å². The summed E-state index contributed by atoms with van der Waals surface area (Å²) in [5, 5.41) is 71.3. The van der Waals surface area contributed by atoms with Gasteiger partial charge in [0.2, 0.25) is 6.29 Å². The average molecular weight is 551 g/mol. The number of Topliss-reactive ketones (excluding diaryl/α,β-unsaturated/α-hetero) is 1. The number of aliphatic hydroxyl groups excluding tert-OH is 6. The van der Waals surface area contributed by atoms with Crippen molar-refractivity contribution in [2.75, 3.05) is 13.2 Å². The Hall–Kier alpha value is -2.85. The van der Waals surface area contributed by atoms with Gasteiger partial charge in [0.1, 0.15) is 65.5 Å². The van der Waals surface area contributed by atoms with E-state index in [1.807, 2.05) is 6.07 Å². The van der Waals surface area contributed by atoms with Crippen molar-refractivity contribution in [2.24, 2.45) is 0 Å². The molecule has 2 saturated heterocycles. The van der Waals surface area contributed by atoms with E-state index in [1.54, 1.807) is 24.3 Å². The number of ketones is 1. The maximum atomic E-state index is 12.8. The maximum Gasteiger partial charge on any atom is 0.229 e. The van der Waals surface area contributed by atoms with Gasteiger partial charge in [-0.1, -0.05) is 30.3 Å². The third-order valence-corrected chi connectivity index (χ3v) is 6.97. The van der Waals surface area contributed by atoms with Gasteiger partial charge in [0.05, 0.1) is 19.6 Å². The number of aliphatic hydroxyl groups is 6. The number of carbonyl (C=O) groups excluding carboxylic acids is 1. The molecule has 0 aliphatic carbocycles. The van der Waals surface area contributed by atoms with Crippen LogP contribution in [-0.2, 0) is 14.2 Å². The molecule has 5 rings (SSSR count). The molecule has 0 radical (unpaired) electrons. The van der Waals surface area contributed by atoms with E-state index in [9.17, 15) is 40.5 Å². The largest absolute Gasteiger partial charge is 0.507 e. The van der Waals surface area contributed by atoms with Crippen LogP contribution in [0.4, 0.5) is 0 Å². The van der Waals surface area contributed by atoms with Crippen molar-refractivity contribution in [2.45, 2.75) is 67.8 Å². The number of carbonyl (C=O) groups is 1. The molecule has 7 N–H and O–H groups in total. The molecular weight excluding hydrogens is 520 g/mol. The fraction of sp³-hybridized carbons (Fsp3) is 0.500. The van der Waals surface area contributed by atoms with Gasteiger partial charge < -0.3 is 59.4 Å². The SMILES string of the molecule is O=C1C[C@@H](c2ccccc2)Oc2cc(O[C@@H]3O[C@@H](CO)[C@@H](O)[C@H](O)[C@H]3O[C@@H]3OC[C@H](O)[C@H](O)[C@H]3O)cc(O)c21. The van der Waals surface area contributed by atoms with Crippen LogP contribution < -0.4 is 9.47 Å². The zero-order chi connectivity index (χ0) is 27.8. The molecule has 2 aromatic rings. The Morgan fingerprint density at radius 2 is 1.67 bits per heavy atom. The van der Waals surface area contributed by atoms with Gasteiger partial charge in [-0.25, -0.2) is 0 Å². The Bertz CT molecular complexity index is 1160. The lowest BCUT2D eigenvalue weighted by molar-refractivity contribution is -0.344. The van der Waals surface area contributed by atoms with Crippen LogP contribution in [0.1, 0.15) is 28.4 Å². The summed E-state index contributed by atoms with van der Waals surface area (Å²) in [4.78, 5) is 12.8. The zero-order valence-corrected chi connectivity index (χ0v) is 20.5. The number of hydrogen-bond donors (Lipinski definition) is 7. The van der Waals surface area contributed by atoms with E-state index in [1.165, 1.54) is 6.07 Å². The van der Waals surface area contributed by atoms with E-state index in [4.69, 9.17) is 23.7 Å². The summed E-state index contributed by atoms with van der Waals surface area (Å²) in [5.74, 6) is -0.778.